The Kier molecular flexibility index (Phi) is 10.5. The molecule has 3 rings (SSSR count). The van der Waals surface area contributed by atoms with Crippen LogP contribution in [0.2, 0.25) is 0 Å². The highest BCUT2D eigenvalue weighted by atomic mass is 16.5. The first kappa shape index (κ1) is 24.3. The minimum Gasteiger partial charge on any atom is -0.491 e. The lowest BCUT2D eigenvalue weighted by Crippen LogP contribution is -2.10. The van der Waals surface area contributed by atoms with Gasteiger partial charge in [0.2, 0.25) is 0 Å². The molecule has 0 radical (unpaired) electrons. The van der Waals surface area contributed by atoms with E-state index in [1.165, 1.54) is 0 Å². The fraction of sp³-hybridized carbons (Fsp3) is 0.462. The summed E-state index contributed by atoms with van der Waals surface area (Å²) in [5.74, 6) is 1.68. The van der Waals surface area contributed by atoms with Crippen LogP contribution in [0, 0.1) is 0 Å². The molecule has 3 aromatic rings. The Morgan fingerprint density at radius 2 is 0.844 bits per heavy atom. The standard InChI is InChI=1S/C26H34O6/c1-3-27-9-11-29-13-15-31-25-7-5-21-18-24-20-26(8-6-22(24)17-23(21)19-25)32-16-14-30-12-10-28-4-2/h5-8,17-20H,3-4,9-16H2,1-2H3. The van der Waals surface area contributed by atoms with Gasteiger partial charge in [-0.25, -0.2) is 0 Å². The van der Waals surface area contributed by atoms with Crippen molar-refractivity contribution in [3.05, 3.63) is 48.5 Å². The van der Waals surface area contributed by atoms with Crippen LogP contribution in [0.5, 0.6) is 11.5 Å². The van der Waals surface area contributed by atoms with Crippen LogP contribution < -0.4 is 9.47 Å². The minimum absolute atomic E-state index is 0.515. The normalized spacial score (nSPS) is 11.3. The second-order valence-corrected chi connectivity index (χ2v) is 7.19. The van der Waals surface area contributed by atoms with Gasteiger partial charge >= 0.3 is 0 Å². The van der Waals surface area contributed by atoms with Gasteiger partial charge in [-0.15, -0.1) is 0 Å². The number of benzene rings is 3. The van der Waals surface area contributed by atoms with Crippen molar-refractivity contribution in [1.29, 1.82) is 0 Å². The summed E-state index contributed by atoms with van der Waals surface area (Å²) in [5.41, 5.74) is 0. The summed E-state index contributed by atoms with van der Waals surface area (Å²) in [5, 5.41) is 4.61. The Morgan fingerprint density at radius 1 is 0.438 bits per heavy atom. The summed E-state index contributed by atoms with van der Waals surface area (Å²) in [6.07, 6.45) is 0. The van der Waals surface area contributed by atoms with Crippen molar-refractivity contribution >= 4 is 21.5 Å². The molecule has 0 aliphatic rings. The highest BCUT2D eigenvalue weighted by Gasteiger charge is 2.03. The third-order valence-electron chi connectivity index (χ3n) is 4.88. The van der Waals surface area contributed by atoms with Crippen LogP contribution in [0.4, 0.5) is 0 Å². The summed E-state index contributed by atoms with van der Waals surface area (Å²) in [6, 6.07) is 16.6. The number of hydrogen-bond donors (Lipinski definition) is 0. The molecular weight excluding hydrogens is 408 g/mol. The van der Waals surface area contributed by atoms with Crippen molar-refractivity contribution in [1.82, 2.24) is 0 Å². The Labute approximate surface area is 190 Å². The molecule has 0 aliphatic carbocycles. The maximum absolute atomic E-state index is 5.83. The number of rotatable bonds is 16. The van der Waals surface area contributed by atoms with E-state index in [0.29, 0.717) is 66.1 Å². The average Bonchev–Trinajstić information content (AvgIpc) is 2.81. The molecule has 32 heavy (non-hydrogen) atoms. The Bertz CT molecular complexity index is 865. The first-order valence-electron chi connectivity index (χ1n) is 11.3. The van der Waals surface area contributed by atoms with Crippen molar-refractivity contribution in [3.8, 4) is 11.5 Å². The van der Waals surface area contributed by atoms with Gasteiger partial charge in [-0.05, 0) is 71.8 Å². The third-order valence-corrected chi connectivity index (χ3v) is 4.88. The monoisotopic (exact) mass is 442 g/mol. The van der Waals surface area contributed by atoms with Crippen LogP contribution in [0.1, 0.15) is 13.8 Å². The van der Waals surface area contributed by atoms with Crippen molar-refractivity contribution in [2.24, 2.45) is 0 Å². The summed E-state index contributed by atoms with van der Waals surface area (Å²) in [4.78, 5) is 0. The van der Waals surface area contributed by atoms with Crippen LogP contribution in [0.3, 0.4) is 0 Å². The first-order chi connectivity index (χ1) is 15.8. The zero-order chi connectivity index (χ0) is 22.4. The van der Waals surface area contributed by atoms with Crippen LogP contribution >= 0.6 is 0 Å². The zero-order valence-electron chi connectivity index (χ0n) is 19.1. The highest BCUT2D eigenvalue weighted by molar-refractivity contribution is 5.99. The Morgan fingerprint density at radius 3 is 1.28 bits per heavy atom. The fourth-order valence-corrected chi connectivity index (χ4v) is 3.30. The minimum atomic E-state index is 0.515. The lowest BCUT2D eigenvalue weighted by molar-refractivity contribution is 0.0405. The van der Waals surface area contributed by atoms with E-state index >= 15 is 0 Å². The van der Waals surface area contributed by atoms with Crippen LogP contribution in [0.25, 0.3) is 21.5 Å². The predicted octanol–water partition coefficient (Wildman–Crippen LogP) is 4.86. The lowest BCUT2D eigenvalue weighted by atomic mass is 10.0. The molecule has 0 saturated heterocycles. The molecule has 3 aromatic carbocycles. The van der Waals surface area contributed by atoms with Crippen molar-refractivity contribution in [3.63, 3.8) is 0 Å². The first-order valence-corrected chi connectivity index (χ1v) is 11.3. The Balaban J connectivity index is 1.51. The molecule has 0 aliphatic heterocycles. The molecular formula is C26H34O6. The van der Waals surface area contributed by atoms with Gasteiger partial charge in [0.05, 0.1) is 39.6 Å². The molecule has 0 unspecified atom stereocenters. The second kappa shape index (κ2) is 13.9. The van der Waals surface area contributed by atoms with E-state index in [9.17, 15) is 0 Å². The average molecular weight is 443 g/mol. The van der Waals surface area contributed by atoms with Gasteiger partial charge in [0.1, 0.15) is 24.7 Å². The molecule has 6 heteroatoms. The van der Waals surface area contributed by atoms with Crippen LogP contribution in [-0.4, -0.2) is 66.1 Å². The summed E-state index contributed by atoms with van der Waals surface area (Å²) in [7, 11) is 0. The molecule has 0 bridgehead atoms. The van der Waals surface area contributed by atoms with Gasteiger partial charge in [-0.3, -0.25) is 0 Å². The largest absolute Gasteiger partial charge is 0.491 e. The number of hydrogen-bond acceptors (Lipinski definition) is 6. The van der Waals surface area contributed by atoms with Gasteiger partial charge in [0, 0.05) is 13.2 Å². The molecule has 174 valence electrons. The molecule has 6 nitrogen and oxygen atoms in total. The van der Waals surface area contributed by atoms with Gasteiger partial charge in [0.25, 0.3) is 0 Å². The Hall–Kier alpha value is -2.38. The highest BCUT2D eigenvalue weighted by Crippen LogP contribution is 2.28. The predicted molar refractivity (Wildman–Crippen MR) is 127 cm³/mol. The maximum Gasteiger partial charge on any atom is 0.120 e. The van der Waals surface area contributed by atoms with Gasteiger partial charge < -0.3 is 28.4 Å². The van der Waals surface area contributed by atoms with Gasteiger partial charge in [-0.1, -0.05) is 12.1 Å². The molecule has 0 heterocycles. The molecule has 0 fully saturated rings. The molecule has 0 amide bonds. The summed E-state index contributed by atoms with van der Waals surface area (Å²) in [6.45, 7) is 9.91. The molecule has 0 aromatic heterocycles. The maximum atomic E-state index is 5.83. The SMILES string of the molecule is CCOCCOCCOc1ccc2cc3cc(OCCOCCOCC)ccc3cc2c1. The van der Waals surface area contributed by atoms with Crippen molar-refractivity contribution < 1.29 is 28.4 Å². The van der Waals surface area contributed by atoms with E-state index in [2.05, 4.69) is 36.4 Å². The fourth-order valence-electron chi connectivity index (χ4n) is 3.30. The van der Waals surface area contributed by atoms with E-state index in [0.717, 1.165) is 33.0 Å². The smallest absolute Gasteiger partial charge is 0.120 e. The third kappa shape index (κ3) is 7.95. The van der Waals surface area contributed by atoms with E-state index in [4.69, 9.17) is 28.4 Å². The second-order valence-electron chi connectivity index (χ2n) is 7.19. The molecule has 0 N–H and O–H groups in total. The summed E-state index contributed by atoms with van der Waals surface area (Å²) < 4.78 is 33.1. The quantitative estimate of drug-likeness (QED) is 0.233. The van der Waals surface area contributed by atoms with E-state index < -0.39 is 0 Å². The van der Waals surface area contributed by atoms with E-state index in [-0.39, 0.29) is 0 Å². The summed E-state index contributed by atoms with van der Waals surface area (Å²) >= 11 is 0. The van der Waals surface area contributed by atoms with Crippen LogP contribution in [-0.2, 0) is 18.9 Å². The molecule has 0 spiro atoms. The number of fused-ring (bicyclic) bond motifs is 2. The molecule has 0 atom stereocenters. The van der Waals surface area contributed by atoms with Crippen molar-refractivity contribution in [2.75, 3.05) is 66.1 Å². The van der Waals surface area contributed by atoms with Gasteiger partial charge in [-0.2, -0.15) is 0 Å². The zero-order valence-corrected chi connectivity index (χ0v) is 19.1. The lowest BCUT2D eigenvalue weighted by Gasteiger charge is -2.10. The van der Waals surface area contributed by atoms with Gasteiger partial charge in [0.15, 0.2) is 0 Å². The molecule has 0 saturated carbocycles. The van der Waals surface area contributed by atoms with Crippen molar-refractivity contribution in [2.45, 2.75) is 13.8 Å². The van der Waals surface area contributed by atoms with E-state index in [1.807, 2.05) is 26.0 Å². The number of ether oxygens (including phenoxy) is 6. The van der Waals surface area contributed by atoms with E-state index in [1.54, 1.807) is 0 Å². The van der Waals surface area contributed by atoms with Crippen LogP contribution in [0.15, 0.2) is 48.5 Å². The topological polar surface area (TPSA) is 55.4 Å².